The fourth-order valence-corrected chi connectivity index (χ4v) is 3.73. The third-order valence-corrected chi connectivity index (χ3v) is 5.95. The van der Waals surface area contributed by atoms with Crippen LogP contribution in [-0.4, -0.2) is 41.6 Å². The van der Waals surface area contributed by atoms with Gasteiger partial charge in [-0.25, -0.2) is 12.8 Å². The number of sulfonamides is 1. The van der Waals surface area contributed by atoms with Gasteiger partial charge in [0.05, 0.1) is 21.2 Å². The van der Waals surface area contributed by atoms with E-state index in [1.807, 2.05) is 0 Å². The Bertz CT molecular complexity index is 904. The maximum absolute atomic E-state index is 13.1. The van der Waals surface area contributed by atoms with Gasteiger partial charge >= 0.3 is 0 Å². The van der Waals surface area contributed by atoms with Crippen molar-refractivity contribution in [3.8, 4) is 0 Å². The Labute approximate surface area is 162 Å². The highest BCUT2D eigenvalue weighted by Crippen LogP contribution is 2.26. The summed E-state index contributed by atoms with van der Waals surface area (Å²) in [4.78, 5) is 12.2. The van der Waals surface area contributed by atoms with Crippen molar-refractivity contribution in [1.29, 1.82) is 0 Å². The lowest BCUT2D eigenvalue weighted by atomic mass is 10.2. The van der Waals surface area contributed by atoms with Crippen molar-refractivity contribution >= 4 is 33.2 Å². The molecule has 27 heavy (non-hydrogen) atoms. The molecular weight excluding hydrogens is 395 g/mol. The molecule has 0 atom stereocenters. The number of anilines is 1. The van der Waals surface area contributed by atoms with Crippen molar-refractivity contribution in [2.75, 3.05) is 31.6 Å². The second-order valence-corrected chi connectivity index (χ2v) is 8.07. The van der Waals surface area contributed by atoms with Crippen LogP contribution >= 0.6 is 11.6 Å². The van der Waals surface area contributed by atoms with Gasteiger partial charge < -0.3 is 10.1 Å². The number of carbonyl (C=O) groups excluding carboxylic acids is 1. The quantitative estimate of drug-likeness (QED) is 0.673. The molecule has 0 saturated carbocycles. The highest BCUT2D eigenvalue weighted by atomic mass is 35.5. The molecule has 2 aromatic rings. The van der Waals surface area contributed by atoms with E-state index in [2.05, 4.69) is 5.32 Å². The minimum Gasteiger partial charge on any atom is -0.385 e. The van der Waals surface area contributed by atoms with Crippen LogP contribution in [0.3, 0.4) is 0 Å². The van der Waals surface area contributed by atoms with Crippen molar-refractivity contribution in [3.63, 3.8) is 0 Å². The van der Waals surface area contributed by atoms with E-state index >= 15 is 0 Å². The third kappa shape index (κ3) is 5.18. The Kier molecular flexibility index (Phi) is 7.18. The number of carbonyl (C=O) groups is 1. The van der Waals surface area contributed by atoms with Crippen molar-refractivity contribution in [3.05, 3.63) is 58.9 Å². The molecule has 0 bridgehead atoms. The van der Waals surface area contributed by atoms with Crippen molar-refractivity contribution in [2.24, 2.45) is 0 Å². The summed E-state index contributed by atoms with van der Waals surface area (Å²) in [6.45, 7) is 0.861. The molecule has 6 nitrogen and oxygen atoms in total. The van der Waals surface area contributed by atoms with Gasteiger partial charge in [-0.2, -0.15) is 0 Å². The number of methoxy groups -OCH3 is 1. The normalized spacial score (nSPS) is 11.3. The molecule has 2 aromatic carbocycles. The number of halogens is 2. The van der Waals surface area contributed by atoms with Crippen molar-refractivity contribution in [2.45, 2.75) is 11.3 Å². The molecule has 0 radical (unpaired) electrons. The third-order valence-electron chi connectivity index (χ3n) is 3.84. The largest absolute Gasteiger partial charge is 0.385 e. The first kappa shape index (κ1) is 21.1. The predicted molar refractivity (Wildman–Crippen MR) is 102 cm³/mol. The number of ether oxygens (including phenoxy) is 1. The summed E-state index contributed by atoms with van der Waals surface area (Å²) in [6, 6.07) is 8.95. The standard InChI is InChI=1S/C18H20ClFN2O4S/c1-22(14-6-4-13(20)5-7-14)27(24,25)15-8-9-17(19)16(12-15)18(23)21-10-3-11-26-2/h4-9,12H,3,10-11H2,1-2H3,(H,21,23). The molecule has 0 fully saturated rings. The molecule has 0 saturated heterocycles. The monoisotopic (exact) mass is 414 g/mol. The summed E-state index contributed by atoms with van der Waals surface area (Å²) >= 11 is 6.06. The average molecular weight is 415 g/mol. The number of benzene rings is 2. The first-order valence-electron chi connectivity index (χ1n) is 8.08. The van der Waals surface area contributed by atoms with Crippen LogP contribution in [0.2, 0.25) is 5.02 Å². The average Bonchev–Trinajstić information content (AvgIpc) is 2.65. The van der Waals surface area contributed by atoms with Crippen molar-refractivity contribution in [1.82, 2.24) is 5.32 Å². The highest BCUT2D eigenvalue weighted by molar-refractivity contribution is 7.92. The number of rotatable bonds is 8. The van der Waals surface area contributed by atoms with E-state index in [0.29, 0.717) is 19.6 Å². The molecule has 1 N–H and O–H groups in total. The minimum atomic E-state index is -3.95. The summed E-state index contributed by atoms with van der Waals surface area (Å²) in [7, 11) is -1.05. The lowest BCUT2D eigenvalue weighted by Crippen LogP contribution is -2.28. The summed E-state index contributed by atoms with van der Waals surface area (Å²) in [5, 5.41) is 2.81. The predicted octanol–water partition coefficient (Wildman–Crippen LogP) is 3.07. The molecule has 146 valence electrons. The number of nitrogens with zero attached hydrogens (tertiary/aromatic N) is 1. The van der Waals surface area contributed by atoms with Gasteiger partial charge in [0.2, 0.25) is 0 Å². The number of hydrogen-bond acceptors (Lipinski definition) is 4. The van der Waals surface area contributed by atoms with Crippen LogP contribution in [-0.2, 0) is 14.8 Å². The van der Waals surface area contributed by atoms with Crippen molar-refractivity contribution < 1.29 is 22.3 Å². The molecule has 0 aromatic heterocycles. The van der Waals surface area contributed by atoms with Crippen LogP contribution in [0.25, 0.3) is 0 Å². The Morgan fingerprint density at radius 3 is 2.52 bits per heavy atom. The molecule has 0 aliphatic heterocycles. The van der Waals surface area contributed by atoms with E-state index in [1.54, 1.807) is 7.11 Å². The van der Waals surface area contributed by atoms with E-state index in [4.69, 9.17) is 16.3 Å². The maximum Gasteiger partial charge on any atom is 0.264 e. The zero-order chi connectivity index (χ0) is 20.0. The fraction of sp³-hybridized carbons (Fsp3) is 0.278. The SMILES string of the molecule is COCCCNC(=O)c1cc(S(=O)(=O)N(C)c2ccc(F)cc2)ccc1Cl. The van der Waals surface area contributed by atoms with Crippen LogP contribution in [0.1, 0.15) is 16.8 Å². The molecule has 0 heterocycles. The Morgan fingerprint density at radius 1 is 1.22 bits per heavy atom. The Balaban J connectivity index is 2.27. The number of hydrogen-bond donors (Lipinski definition) is 1. The summed E-state index contributed by atoms with van der Waals surface area (Å²) in [5.41, 5.74) is 0.347. The van der Waals surface area contributed by atoms with Crippen LogP contribution in [0.5, 0.6) is 0 Å². The molecule has 0 spiro atoms. The number of nitrogens with one attached hydrogen (secondary N) is 1. The number of amides is 1. The lowest BCUT2D eigenvalue weighted by molar-refractivity contribution is 0.0948. The molecule has 0 unspecified atom stereocenters. The topological polar surface area (TPSA) is 75.7 Å². The molecular formula is C18H20ClFN2O4S. The van der Waals surface area contributed by atoms with E-state index in [9.17, 15) is 17.6 Å². The second kappa shape index (κ2) is 9.16. The first-order chi connectivity index (χ1) is 12.8. The summed E-state index contributed by atoms with van der Waals surface area (Å²) in [5.74, 6) is -0.943. The van der Waals surface area contributed by atoms with Gasteiger partial charge in [-0.15, -0.1) is 0 Å². The maximum atomic E-state index is 13.1. The summed E-state index contributed by atoms with van der Waals surface area (Å²) < 4.78 is 44.7. The lowest BCUT2D eigenvalue weighted by Gasteiger charge is -2.20. The smallest absolute Gasteiger partial charge is 0.264 e. The Morgan fingerprint density at radius 2 is 1.89 bits per heavy atom. The van der Waals surface area contributed by atoms with Crippen LogP contribution in [0.4, 0.5) is 10.1 Å². The molecule has 2 rings (SSSR count). The zero-order valence-electron chi connectivity index (χ0n) is 14.9. The van der Waals surface area contributed by atoms with Gasteiger partial charge in [-0.05, 0) is 48.9 Å². The summed E-state index contributed by atoms with van der Waals surface area (Å²) in [6.07, 6.45) is 0.616. The van der Waals surface area contributed by atoms with Gasteiger partial charge in [0, 0.05) is 27.3 Å². The molecule has 0 aliphatic carbocycles. The molecule has 9 heteroatoms. The minimum absolute atomic E-state index is 0.0580. The fourth-order valence-electron chi connectivity index (χ4n) is 2.30. The highest BCUT2D eigenvalue weighted by Gasteiger charge is 2.23. The molecule has 1 amide bonds. The van der Waals surface area contributed by atoms with Gasteiger partial charge in [0.25, 0.3) is 15.9 Å². The Hall–Kier alpha value is -2.16. The van der Waals surface area contributed by atoms with Gasteiger partial charge in [0.15, 0.2) is 0 Å². The van der Waals surface area contributed by atoms with E-state index in [1.165, 1.54) is 49.5 Å². The van der Waals surface area contributed by atoms with Gasteiger partial charge in [0.1, 0.15) is 5.82 Å². The zero-order valence-corrected chi connectivity index (χ0v) is 16.5. The van der Waals surface area contributed by atoms with Gasteiger partial charge in [-0.3, -0.25) is 9.10 Å². The second-order valence-electron chi connectivity index (χ2n) is 5.69. The van der Waals surface area contributed by atoms with E-state index in [-0.39, 0.29) is 21.2 Å². The first-order valence-corrected chi connectivity index (χ1v) is 9.90. The van der Waals surface area contributed by atoms with Crippen LogP contribution in [0, 0.1) is 5.82 Å². The van der Waals surface area contributed by atoms with Gasteiger partial charge in [-0.1, -0.05) is 11.6 Å². The van der Waals surface area contributed by atoms with Crippen LogP contribution in [0.15, 0.2) is 47.4 Å². The van der Waals surface area contributed by atoms with E-state index in [0.717, 1.165) is 4.31 Å². The van der Waals surface area contributed by atoms with E-state index < -0.39 is 21.7 Å². The molecule has 0 aliphatic rings. The van der Waals surface area contributed by atoms with Crippen LogP contribution < -0.4 is 9.62 Å².